The van der Waals surface area contributed by atoms with Crippen molar-refractivity contribution >= 4 is 5.97 Å². The molecule has 0 rings (SSSR count). The van der Waals surface area contributed by atoms with Crippen LogP contribution in [0.1, 0.15) is 13.3 Å². The van der Waals surface area contributed by atoms with Gasteiger partial charge in [-0.15, -0.1) is 0 Å². The molecule has 0 fully saturated rings. The Kier molecular flexibility index (Phi) is 3.14. The zero-order valence-corrected chi connectivity index (χ0v) is 4.63. The topological polar surface area (TPSA) is 72.5 Å². The van der Waals surface area contributed by atoms with Crippen LogP contribution in [0.3, 0.4) is 0 Å². The Labute approximate surface area is 47.2 Å². The Morgan fingerprint density at radius 2 is 2.50 bits per heavy atom. The smallest absolute Gasteiger partial charge is 0.306 e. The van der Waals surface area contributed by atoms with Gasteiger partial charge in [0.1, 0.15) is 0 Å². The minimum atomic E-state index is -0.900. The Bertz CT molecular complexity index is 83.4. The van der Waals surface area contributed by atoms with Gasteiger partial charge in [0, 0.05) is 0 Å². The van der Waals surface area contributed by atoms with Gasteiger partial charge in [-0.3, -0.25) is 4.79 Å². The molecule has 0 saturated heterocycles. The molecule has 4 heteroatoms. The van der Waals surface area contributed by atoms with Crippen LogP contribution in [0.15, 0.2) is 0 Å². The van der Waals surface area contributed by atoms with Crippen molar-refractivity contribution < 1.29 is 14.7 Å². The molecule has 0 radical (unpaired) electrons. The van der Waals surface area contributed by atoms with E-state index in [2.05, 4.69) is 10.7 Å². The molecule has 0 aromatic carbocycles. The number of nitrogens with two attached hydrogens (primary N) is 1. The van der Waals surface area contributed by atoms with E-state index in [9.17, 15) is 4.79 Å². The minimum absolute atomic E-state index is 0.0451. The zero-order chi connectivity index (χ0) is 6.57. The lowest BCUT2D eigenvalue weighted by Gasteiger charge is -2.01. The van der Waals surface area contributed by atoms with Crippen LogP contribution in [0.4, 0.5) is 0 Å². The van der Waals surface area contributed by atoms with Crippen molar-refractivity contribution in [1.82, 2.24) is 0 Å². The summed E-state index contributed by atoms with van der Waals surface area (Å²) < 4.78 is 0. The summed E-state index contributed by atoms with van der Waals surface area (Å²) in [6.45, 7) is 1.59. The van der Waals surface area contributed by atoms with Crippen molar-refractivity contribution in [3.63, 3.8) is 0 Å². The minimum Gasteiger partial charge on any atom is -0.481 e. The molecule has 0 unspecified atom stereocenters. The molecule has 0 amide bonds. The number of carbonyl (C=O) groups is 1. The molecule has 3 N–H and O–H groups in total. The van der Waals surface area contributed by atoms with Crippen molar-refractivity contribution in [2.75, 3.05) is 0 Å². The summed E-state index contributed by atoms with van der Waals surface area (Å²) in [5.74, 6) is 3.76. The normalized spacial score (nSPS) is 13.2. The van der Waals surface area contributed by atoms with E-state index in [4.69, 9.17) is 5.11 Å². The second-order valence-corrected chi connectivity index (χ2v) is 1.54. The lowest BCUT2D eigenvalue weighted by Crippen LogP contribution is -2.16. The predicted molar refractivity (Wildman–Crippen MR) is 27.0 cm³/mol. The highest BCUT2D eigenvalue weighted by Gasteiger charge is 2.04. The van der Waals surface area contributed by atoms with Crippen LogP contribution in [0.2, 0.25) is 0 Å². The van der Waals surface area contributed by atoms with E-state index in [0.717, 1.165) is 0 Å². The fourth-order valence-electron chi connectivity index (χ4n) is 0.294. The van der Waals surface area contributed by atoms with Gasteiger partial charge in [0.2, 0.25) is 0 Å². The van der Waals surface area contributed by atoms with E-state index >= 15 is 0 Å². The molecule has 4 nitrogen and oxygen atoms in total. The van der Waals surface area contributed by atoms with Gasteiger partial charge in [-0.2, -0.15) is 0 Å². The average molecular weight is 119 g/mol. The standard InChI is InChI=1S/C4H9NO3/c1-3(8-5)2-4(6)7/h3H,2,5H2,1H3,(H,6,7)/t3-/m1/s1. The molecule has 0 bridgehead atoms. The third-order valence-corrected chi connectivity index (χ3v) is 0.694. The number of hydrogen-bond acceptors (Lipinski definition) is 3. The van der Waals surface area contributed by atoms with Gasteiger partial charge < -0.3 is 9.94 Å². The van der Waals surface area contributed by atoms with Crippen molar-refractivity contribution in [3.8, 4) is 0 Å². The second kappa shape index (κ2) is 3.40. The lowest BCUT2D eigenvalue weighted by atomic mass is 10.3. The van der Waals surface area contributed by atoms with Crippen LogP contribution >= 0.6 is 0 Å². The Morgan fingerprint density at radius 3 is 2.62 bits per heavy atom. The van der Waals surface area contributed by atoms with Gasteiger partial charge in [0.05, 0.1) is 12.5 Å². The number of aliphatic carboxylic acids is 1. The maximum Gasteiger partial charge on any atom is 0.306 e. The number of rotatable bonds is 3. The molecular formula is C4H9NO3. The van der Waals surface area contributed by atoms with E-state index in [1.54, 1.807) is 6.92 Å². The van der Waals surface area contributed by atoms with Crippen LogP contribution in [0.25, 0.3) is 0 Å². The van der Waals surface area contributed by atoms with Gasteiger partial charge in [-0.05, 0) is 6.92 Å². The molecule has 0 heterocycles. The molecule has 0 saturated carbocycles. The Morgan fingerprint density at radius 1 is 2.00 bits per heavy atom. The van der Waals surface area contributed by atoms with Crippen LogP contribution in [-0.4, -0.2) is 17.2 Å². The molecule has 0 aromatic rings. The van der Waals surface area contributed by atoms with E-state index in [-0.39, 0.29) is 6.42 Å². The largest absolute Gasteiger partial charge is 0.481 e. The summed E-state index contributed by atoms with van der Waals surface area (Å²) in [6.07, 6.45) is -0.441. The van der Waals surface area contributed by atoms with Crippen LogP contribution in [-0.2, 0) is 9.63 Å². The molecular weight excluding hydrogens is 110 g/mol. The maximum absolute atomic E-state index is 9.83. The number of carboxylic acid groups (broad SMARTS) is 1. The first-order valence-corrected chi connectivity index (χ1v) is 2.24. The van der Waals surface area contributed by atoms with Gasteiger partial charge in [-0.25, -0.2) is 5.90 Å². The predicted octanol–water partition coefficient (Wildman–Crippen LogP) is -0.260. The van der Waals surface area contributed by atoms with Gasteiger partial charge in [-0.1, -0.05) is 0 Å². The van der Waals surface area contributed by atoms with Crippen molar-refractivity contribution in [2.45, 2.75) is 19.4 Å². The van der Waals surface area contributed by atoms with Crippen LogP contribution < -0.4 is 5.90 Å². The van der Waals surface area contributed by atoms with Crippen molar-refractivity contribution in [2.24, 2.45) is 5.90 Å². The van der Waals surface area contributed by atoms with Crippen LogP contribution in [0, 0.1) is 0 Å². The van der Waals surface area contributed by atoms with Gasteiger partial charge in [0.15, 0.2) is 0 Å². The van der Waals surface area contributed by atoms with Crippen molar-refractivity contribution in [3.05, 3.63) is 0 Å². The quantitative estimate of drug-likeness (QED) is 0.502. The fourth-order valence-corrected chi connectivity index (χ4v) is 0.294. The summed E-state index contributed by atoms with van der Waals surface area (Å²) in [6, 6.07) is 0. The summed E-state index contributed by atoms with van der Waals surface area (Å²) in [5, 5.41) is 8.08. The number of carboxylic acids is 1. The maximum atomic E-state index is 9.83. The Balaban J connectivity index is 3.24. The average Bonchev–Trinajstić information content (AvgIpc) is 1.65. The van der Waals surface area contributed by atoms with E-state index < -0.39 is 12.1 Å². The first-order chi connectivity index (χ1) is 3.66. The first kappa shape index (κ1) is 7.39. The molecule has 0 aliphatic carbocycles. The SMILES string of the molecule is C[C@H](CC(=O)O)ON. The highest BCUT2D eigenvalue weighted by molar-refractivity contribution is 5.67. The van der Waals surface area contributed by atoms with Gasteiger partial charge >= 0.3 is 5.97 Å². The molecule has 0 aliphatic heterocycles. The monoisotopic (exact) mass is 119 g/mol. The summed E-state index contributed by atoms with van der Waals surface area (Å²) in [7, 11) is 0. The molecule has 0 aromatic heterocycles. The molecule has 48 valence electrons. The summed E-state index contributed by atoms with van der Waals surface area (Å²) in [4.78, 5) is 14.0. The molecule has 0 aliphatic rings. The summed E-state index contributed by atoms with van der Waals surface area (Å²) in [5.41, 5.74) is 0. The lowest BCUT2D eigenvalue weighted by molar-refractivity contribution is -0.139. The third-order valence-electron chi connectivity index (χ3n) is 0.694. The second-order valence-electron chi connectivity index (χ2n) is 1.54. The Hall–Kier alpha value is -0.610. The van der Waals surface area contributed by atoms with E-state index in [1.165, 1.54) is 0 Å². The van der Waals surface area contributed by atoms with Crippen LogP contribution in [0.5, 0.6) is 0 Å². The molecule has 8 heavy (non-hydrogen) atoms. The molecule has 0 spiro atoms. The summed E-state index contributed by atoms with van der Waals surface area (Å²) >= 11 is 0. The van der Waals surface area contributed by atoms with E-state index in [1.807, 2.05) is 0 Å². The highest BCUT2D eigenvalue weighted by Crippen LogP contribution is 1.91. The van der Waals surface area contributed by atoms with Gasteiger partial charge in [0.25, 0.3) is 0 Å². The zero-order valence-electron chi connectivity index (χ0n) is 4.63. The highest BCUT2D eigenvalue weighted by atomic mass is 16.6. The van der Waals surface area contributed by atoms with E-state index in [0.29, 0.717) is 0 Å². The number of hydrogen-bond donors (Lipinski definition) is 2. The van der Waals surface area contributed by atoms with Crippen molar-refractivity contribution in [1.29, 1.82) is 0 Å². The first-order valence-electron chi connectivity index (χ1n) is 2.24. The molecule has 1 atom stereocenters. The third kappa shape index (κ3) is 3.58. The fraction of sp³-hybridized carbons (Fsp3) is 0.750.